The van der Waals surface area contributed by atoms with E-state index >= 15 is 0 Å². The summed E-state index contributed by atoms with van der Waals surface area (Å²) in [5.41, 5.74) is 0. The van der Waals surface area contributed by atoms with Crippen molar-refractivity contribution in [2.24, 2.45) is 0 Å². The van der Waals surface area contributed by atoms with Gasteiger partial charge in [-0.3, -0.25) is 0 Å². The Balaban J connectivity index is 2.81. The molecule has 5 nitrogen and oxygen atoms in total. The Hall–Kier alpha value is -1.10. The van der Waals surface area contributed by atoms with Gasteiger partial charge in [0.2, 0.25) is 17.2 Å². The summed E-state index contributed by atoms with van der Waals surface area (Å²) in [6, 6.07) is 0.318. The minimum atomic E-state index is 0.190. The van der Waals surface area contributed by atoms with Gasteiger partial charge >= 0.3 is 0 Å². The topological polar surface area (TPSA) is 62.7 Å². The molecule has 1 aromatic heterocycles. The third-order valence-corrected chi connectivity index (χ3v) is 1.99. The van der Waals surface area contributed by atoms with Crippen LogP contribution in [0.2, 0.25) is 5.28 Å². The predicted octanol–water partition coefficient (Wildman–Crippen LogP) is 1.78. The molecular weight excluding hydrogens is 202 g/mol. The second-order valence-corrected chi connectivity index (χ2v) is 3.29. The van der Waals surface area contributed by atoms with E-state index in [2.05, 4.69) is 39.4 Å². The number of anilines is 2. The van der Waals surface area contributed by atoms with Crippen LogP contribution in [0.1, 0.15) is 20.3 Å². The lowest BCUT2D eigenvalue weighted by atomic mass is 10.3. The zero-order valence-electron chi connectivity index (χ0n) is 8.50. The van der Waals surface area contributed by atoms with Gasteiger partial charge in [0, 0.05) is 13.1 Å². The highest BCUT2D eigenvalue weighted by Crippen LogP contribution is 2.10. The van der Waals surface area contributed by atoms with Crippen molar-refractivity contribution in [2.75, 3.05) is 17.7 Å². The molecule has 14 heavy (non-hydrogen) atoms. The standard InChI is InChI=1S/C8H14ClN5/c1-4-5(2)11-8-13-6(9)12-7(10-3)14-8/h5H,4H2,1-3H3,(H2,10,11,12,13,14). The SMILES string of the molecule is CCC(C)Nc1nc(Cl)nc(NC)n1. The largest absolute Gasteiger partial charge is 0.357 e. The van der Waals surface area contributed by atoms with Crippen LogP contribution in [-0.2, 0) is 0 Å². The molecule has 1 rings (SSSR count). The molecule has 0 aliphatic carbocycles. The lowest BCUT2D eigenvalue weighted by Gasteiger charge is -2.11. The van der Waals surface area contributed by atoms with Gasteiger partial charge in [0.1, 0.15) is 0 Å². The molecule has 2 N–H and O–H groups in total. The Labute approximate surface area is 88.3 Å². The quantitative estimate of drug-likeness (QED) is 0.802. The second-order valence-electron chi connectivity index (χ2n) is 2.96. The number of nitrogens with zero attached hydrogens (tertiary/aromatic N) is 3. The fourth-order valence-corrected chi connectivity index (χ4v) is 1.01. The van der Waals surface area contributed by atoms with Gasteiger partial charge in [0.05, 0.1) is 0 Å². The Morgan fingerprint density at radius 2 is 1.93 bits per heavy atom. The molecule has 0 radical (unpaired) electrons. The minimum absolute atomic E-state index is 0.190. The molecule has 0 aromatic carbocycles. The van der Waals surface area contributed by atoms with Crippen molar-refractivity contribution >= 4 is 23.5 Å². The summed E-state index contributed by atoms with van der Waals surface area (Å²) >= 11 is 5.71. The van der Waals surface area contributed by atoms with E-state index in [4.69, 9.17) is 11.6 Å². The van der Waals surface area contributed by atoms with Crippen LogP contribution < -0.4 is 10.6 Å². The first-order valence-corrected chi connectivity index (χ1v) is 4.89. The first kappa shape index (κ1) is 11.0. The van der Waals surface area contributed by atoms with E-state index in [1.807, 2.05) is 0 Å². The first-order valence-electron chi connectivity index (χ1n) is 4.51. The highest BCUT2D eigenvalue weighted by molar-refractivity contribution is 6.28. The molecule has 78 valence electrons. The van der Waals surface area contributed by atoms with Gasteiger partial charge in [-0.2, -0.15) is 15.0 Å². The number of rotatable bonds is 4. The Morgan fingerprint density at radius 1 is 1.29 bits per heavy atom. The summed E-state index contributed by atoms with van der Waals surface area (Å²) in [5.74, 6) is 0.972. The van der Waals surface area contributed by atoms with Gasteiger partial charge in [-0.25, -0.2) is 0 Å². The normalized spacial score (nSPS) is 12.3. The van der Waals surface area contributed by atoms with Crippen molar-refractivity contribution in [1.29, 1.82) is 0 Å². The van der Waals surface area contributed by atoms with Gasteiger partial charge < -0.3 is 10.6 Å². The molecular formula is C8H14ClN5. The van der Waals surface area contributed by atoms with Gasteiger partial charge in [0.15, 0.2) is 0 Å². The van der Waals surface area contributed by atoms with Crippen LogP contribution in [0, 0.1) is 0 Å². The molecule has 0 aliphatic heterocycles. The molecule has 0 amide bonds. The zero-order chi connectivity index (χ0) is 10.6. The van der Waals surface area contributed by atoms with Crippen LogP contribution in [0.3, 0.4) is 0 Å². The fourth-order valence-electron chi connectivity index (χ4n) is 0.849. The molecule has 0 bridgehead atoms. The number of aromatic nitrogens is 3. The van der Waals surface area contributed by atoms with Crippen LogP contribution in [0.25, 0.3) is 0 Å². The molecule has 0 saturated heterocycles. The lowest BCUT2D eigenvalue weighted by molar-refractivity contribution is 0.751. The number of halogens is 1. The summed E-state index contributed by atoms with van der Waals surface area (Å²) in [4.78, 5) is 12.0. The average Bonchev–Trinajstić information content (AvgIpc) is 2.16. The highest BCUT2D eigenvalue weighted by Gasteiger charge is 2.05. The smallest absolute Gasteiger partial charge is 0.229 e. The maximum Gasteiger partial charge on any atom is 0.229 e. The molecule has 1 heterocycles. The monoisotopic (exact) mass is 215 g/mol. The van der Waals surface area contributed by atoms with Gasteiger partial charge in [-0.05, 0) is 24.9 Å². The van der Waals surface area contributed by atoms with Crippen molar-refractivity contribution in [3.63, 3.8) is 0 Å². The average molecular weight is 216 g/mol. The van der Waals surface area contributed by atoms with Crippen molar-refractivity contribution in [3.05, 3.63) is 5.28 Å². The highest BCUT2D eigenvalue weighted by atomic mass is 35.5. The fraction of sp³-hybridized carbons (Fsp3) is 0.625. The number of hydrogen-bond donors (Lipinski definition) is 2. The Morgan fingerprint density at radius 3 is 2.50 bits per heavy atom. The molecule has 1 unspecified atom stereocenters. The van der Waals surface area contributed by atoms with Crippen LogP contribution in [0.15, 0.2) is 0 Å². The predicted molar refractivity (Wildman–Crippen MR) is 57.8 cm³/mol. The van der Waals surface area contributed by atoms with E-state index in [0.29, 0.717) is 17.9 Å². The maximum absolute atomic E-state index is 5.71. The molecule has 0 saturated carbocycles. The lowest BCUT2D eigenvalue weighted by Crippen LogP contribution is -2.16. The molecule has 0 spiro atoms. The van der Waals surface area contributed by atoms with Gasteiger partial charge in [-0.1, -0.05) is 6.92 Å². The van der Waals surface area contributed by atoms with Crippen LogP contribution >= 0.6 is 11.6 Å². The van der Waals surface area contributed by atoms with Crippen LogP contribution in [-0.4, -0.2) is 28.0 Å². The summed E-state index contributed by atoms with van der Waals surface area (Å²) in [6.07, 6.45) is 0.998. The van der Waals surface area contributed by atoms with E-state index in [-0.39, 0.29) is 5.28 Å². The molecule has 0 fully saturated rings. The van der Waals surface area contributed by atoms with Crippen LogP contribution in [0.4, 0.5) is 11.9 Å². The third kappa shape index (κ3) is 2.99. The molecule has 1 atom stereocenters. The van der Waals surface area contributed by atoms with E-state index in [1.54, 1.807) is 7.05 Å². The first-order chi connectivity index (χ1) is 6.65. The third-order valence-electron chi connectivity index (χ3n) is 1.82. The van der Waals surface area contributed by atoms with E-state index < -0.39 is 0 Å². The Bertz CT molecular complexity index is 304. The Kier molecular flexibility index (Phi) is 3.88. The van der Waals surface area contributed by atoms with Crippen molar-refractivity contribution < 1.29 is 0 Å². The van der Waals surface area contributed by atoms with Gasteiger partial charge in [0.25, 0.3) is 0 Å². The van der Waals surface area contributed by atoms with Crippen molar-refractivity contribution in [3.8, 4) is 0 Å². The number of hydrogen-bond acceptors (Lipinski definition) is 5. The van der Waals surface area contributed by atoms with E-state index in [1.165, 1.54) is 0 Å². The van der Waals surface area contributed by atoms with E-state index in [0.717, 1.165) is 6.42 Å². The van der Waals surface area contributed by atoms with Crippen molar-refractivity contribution in [2.45, 2.75) is 26.3 Å². The summed E-state index contributed by atoms with van der Waals surface area (Å²) in [7, 11) is 1.73. The second kappa shape index (κ2) is 4.95. The molecule has 0 aliphatic rings. The minimum Gasteiger partial charge on any atom is -0.357 e. The number of nitrogens with one attached hydrogen (secondary N) is 2. The van der Waals surface area contributed by atoms with Gasteiger partial charge in [-0.15, -0.1) is 0 Å². The van der Waals surface area contributed by atoms with E-state index in [9.17, 15) is 0 Å². The van der Waals surface area contributed by atoms with Crippen molar-refractivity contribution in [1.82, 2.24) is 15.0 Å². The summed E-state index contributed by atoms with van der Waals surface area (Å²) in [5, 5.41) is 6.12. The summed E-state index contributed by atoms with van der Waals surface area (Å²) in [6.45, 7) is 4.14. The molecule has 1 aromatic rings. The zero-order valence-corrected chi connectivity index (χ0v) is 9.26. The maximum atomic E-state index is 5.71. The van der Waals surface area contributed by atoms with Crippen LogP contribution in [0.5, 0.6) is 0 Å². The molecule has 6 heteroatoms. The summed E-state index contributed by atoms with van der Waals surface area (Å²) < 4.78 is 0.